The van der Waals surface area contributed by atoms with Crippen molar-refractivity contribution >= 4 is 46.5 Å². The zero-order valence-electron chi connectivity index (χ0n) is 13.2. The summed E-state index contributed by atoms with van der Waals surface area (Å²) in [4.78, 5) is 18.9. The van der Waals surface area contributed by atoms with Crippen LogP contribution in [0.15, 0.2) is 36.5 Å². The van der Waals surface area contributed by atoms with Gasteiger partial charge < -0.3 is 4.90 Å². The minimum Gasteiger partial charge on any atom is -0.336 e. The Morgan fingerprint density at radius 1 is 1.08 bits per heavy atom. The largest absolute Gasteiger partial charge is 0.336 e. The third kappa shape index (κ3) is 3.34. The van der Waals surface area contributed by atoms with Gasteiger partial charge in [0.15, 0.2) is 11.3 Å². The third-order valence-electron chi connectivity index (χ3n) is 4.03. The molecular formula is C17H14Cl2N4OS. The molecule has 0 aliphatic carbocycles. The van der Waals surface area contributed by atoms with Crippen molar-refractivity contribution in [3.63, 3.8) is 0 Å². The van der Waals surface area contributed by atoms with Gasteiger partial charge in [0.05, 0.1) is 5.69 Å². The second-order valence-electron chi connectivity index (χ2n) is 5.69. The first-order valence-corrected chi connectivity index (χ1v) is 9.71. The van der Waals surface area contributed by atoms with E-state index in [9.17, 15) is 4.79 Å². The van der Waals surface area contributed by atoms with E-state index in [-0.39, 0.29) is 5.91 Å². The summed E-state index contributed by atoms with van der Waals surface area (Å²) >= 11 is 14.1. The molecule has 0 unspecified atom stereocenters. The van der Waals surface area contributed by atoms with E-state index in [1.165, 1.54) is 0 Å². The van der Waals surface area contributed by atoms with Gasteiger partial charge in [-0.2, -0.15) is 16.9 Å². The number of hydrogen-bond donors (Lipinski definition) is 0. The summed E-state index contributed by atoms with van der Waals surface area (Å²) in [5.41, 5.74) is 2.62. The smallest absolute Gasteiger partial charge is 0.274 e. The first kappa shape index (κ1) is 16.7. The van der Waals surface area contributed by atoms with E-state index >= 15 is 0 Å². The highest BCUT2D eigenvalue weighted by atomic mass is 35.5. The molecule has 1 aliphatic heterocycles. The lowest BCUT2D eigenvalue weighted by Crippen LogP contribution is -2.38. The molecule has 128 valence electrons. The predicted octanol–water partition coefficient (Wildman–Crippen LogP) is 3.89. The lowest BCUT2D eigenvalue weighted by atomic mass is 10.1. The van der Waals surface area contributed by atoms with Crippen molar-refractivity contribution in [2.75, 3.05) is 24.6 Å². The zero-order valence-corrected chi connectivity index (χ0v) is 15.5. The number of thioether (sulfide) groups is 1. The summed E-state index contributed by atoms with van der Waals surface area (Å²) in [6, 6.07) is 8.85. The maximum Gasteiger partial charge on any atom is 0.274 e. The molecule has 0 saturated carbocycles. The second-order valence-corrected chi connectivity index (χ2v) is 7.79. The van der Waals surface area contributed by atoms with Crippen molar-refractivity contribution in [1.29, 1.82) is 0 Å². The number of carbonyl (C=O) groups is 1. The Balaban J connectivity index is 1.77. The van der Waals surface area contributed by atoms with Crippen molar-refractivity contribution in [1.82, 2.24) is 19.5 Å². The van der Waals surface area contributed by atoms with Crippen molar-refractivity contribution in [2.24, 2.45) is 0 Å². The second kappa shape index (κ2) is 6.86. The Bertz CT molecular complexity index is 933. The molecule has 1 aromatic carbocycles. The molecule has 1 fully saturated rings. The van der Waals surface area contributed by atoms with Gasteiger partial charge in [-0.3, -0.25) is 4.79 Å². The molecule has 0 N–H and O–H groups in total. The predicted molar refractivity (Wildman–Crippen MR) is 102 cm³/mol. The van der Waals surface area contributed by atoms with Gasteiger partial charge in [-0.15, -0.1) is 0 Å². The van der Waals surface area contributed by atoms with E-state index in [0.717, 1.165) is 35.9 Å². The lowest BCUT2D eigenvalue weighted by Gasteiger charge is -2.25. The molecule has 1 saturated heterocycles. The van der Waals surface area contributed by atoms with Gasteiger partial charge in [0.2, 0.25) is 0 Å². The Labute approximate surface area is 158 Å². The van der Waals surface area contributed by atoms with E-state index < -0.39 is 0 Å². The summed E-state index contributed by atoms with van der Waals surface area (Å²) in [7, 11) is 0. The van der Waals surface area contributed by atoms with Gasteiger partial charge in [-0.1, -0.05) is 23.2 Å². The van der Waals surface area contributed by atoms with Gasteiger partial charge in [0.1, 0.15) is 0 Å². The van der Waals surface area contributed by atoms with E-state index in [4.69, 9.17) is 23.2 Å². The van der Waals surface area contributed by atoms with Crippen LogP contribution in [0.4, 0.5) is 0 Å². The van der Waals surface area contributed by atoms with Crippen LogP contribution in [-0.4, -0.2) is 50.0 Å². The fraction of sp³-hybridized carbons (Fsp3) is 0.235. The minimum atomic E-state index is -0.0547. The molecule has 2 aromatic heterocycles. The van der Waals surface area contributed by atoms with Crippen molar-refractivity contribution in [3.8, 4) is 11.3 Å². The average Bonchev–Trinajstić information content (AvgIpc) is 3.05. The fourth-order valence-corrected chi connectivity index (χ4v) is 4.28. The monoisotopic (exact) mass is 392 g/mol. The molecule has 4 rings (SSSR count). The molecule has 25 heavy (non-hydrogen) atoms. The molecule has 8 heteroatoms. The molecule has 3 heterocycles. The molecular weight excluding hydrogens is 379 g/mol. The molecule has 0 bridgehead atoms. The van der Waals surface area contributed by atoms with Crippen LogP contribution in [0.3, 0.4) is 0 Å². The van der Waals surface area contributed by atoms with Crippen molar-refractivity contribution < 1.29 is 4.79 Å². The highest BCUT2D eigenvalue weighted by molar-refractivity contribution is 7.99. The highest BCUT2D eigenvalue weighted by Gasteiger charge is 2.22. The van der Waals surface area contributed by atoms with E-state index in [1.807, 2.05) is 34.9 Å². The minimum absolute atomic E-state index is 0.0547. The number of carbonyl (C=O) groups excluding carboxylic acids is 1. The van der Waals surface area contributed by atoms with Crippen LogP contribution in [0.2, 0.25) is 10.0 Å². The number of benzene rings is 1. The normalized spacial score (nSPS) is 14.9. The topological polar surface area (TPSA) is 50.5 Å². The standard InChI is InChI=1S/C17H14Cl2N4OS/c18-12-7-11(8-13(19)9-12)15-1-2-20-16-10-14(21-23(15)16)17(24)22-3-5-25-6-4-22/h1-2,7-10H,3-6H2. The molecule has 0 atom stereocenters. The van der Waals surface area contributed by atoms with Gasteiger partial charge in [-0.25, -0.2) is 9.50 Å². The van der Waals surface area contributed by atoms with E-state index in [2.05, 4.69) is 10.1 Å². The van der Waals surface area contributed by atoms with Gasteiger partial charge in [0, 0.05) is 52.5 Å². The van der Waals surface area contributed by atoms with Crippen molar-refractivity contribution in [2.45, 2.75) is 0 Å². The fourth-order valence-electron chi connectivity index (χ4n) is 2.85. The molecule has 5 nitrogen and oxygen atoms in total. The molecule has 1 amide bonds. The summed E-state index contributed by atoms with van der Waals surface area (Å²) in [6.07, 6.45) is 1.69. The van der Waals surface area contributed by atoms with Crippen LogP contribution in [0, 0.1) is 0 Å². The maximum absolute atomic E-state index is 12.7. The first-order chi connectivity index (χ1) is 12.1. The maximum atomic E-state index is 12.7. The Morgan fingerprint density at radius 3 is 2.52 bits per heavy atom. The SMILES string of the molecule is O=C(c1cc2nccc(-c3cc(Cl)cc(Cl)c3)n2n1)N1CCSCC1. The quantitative estimate of drug-likeness (QED) is 0.663. The number of fused-ring (bicyclic) bond motifs is 1. The highest BCUT2D eigenvalue weighted by Crippen LogP contribution is 2.27. The number of rotatable bonds is 2. The zero-order chi connectivity index (χ0) is 17.4. The Morgan fingerprint density at radius 2 is 1.80 bits per heavy atom. The number of amides is 1. The molecule has 3 aromatic rings. The number of aromatic nitrogens is 3. The summed E-state index contributed by atoms with van der Waals surface area (Å²) < 4.78 is 1.66. The van der Waals surface area contributed by atoms with E-state index in [1.54, 1.807) is 22.8 Å². The van der Waals surface area contributed by atoms with Crippen LogP contribution in [0.25, 0.3) is 16.9 Å². The Kier molecular flexibility index (Phi) is 4.58. The first-order valence-electron chi connectivity index (χ1n) is 7.80. The number of hydrogen-bond acceptors (Lipinski definition) is 4. The van der Waals surface area contributed by atoms with Crippen LogP contribution < -0.4 is 0 Å². The number of halogens is 2. The van der Waals surface area contributed by atoms with E-state index in [0.29, 0.717) is 21.4 Å². The Hall–Kier alpha value is -1.76. The summed E-state index contributed by atoms with van der Waals surface area (Å²) in [6.45, 7) is 1.50. The van der Waals surface area contributed by atoms with Gasteiger partial charge in [-0.05, 0) is 24.3 Å². The lowest BCUT2D eigenvalue weighted by molar-refractivity contribution is 0.0766. The van der Waals surface area contributed by atoms with Crippen LogP contribution in [-0.2, 0) is 0 Å². The molecule has 0 radical (unpaired) electrons. The van der Waals surface area contributed by atoms with Crippen molar-refractivity contribution in [3.05, 3.63) is 52.3 Å². The summed E-state index contributed by atoms with van der Waals surface area (Å²) in [5.74, 6) is 1.87. The molecule has 0 spiro atoms. The van der Waals surface area contributed by atoms with Gasteiger partial charge in [0.25, 0.3) is 5.91 Å². The van der Waals surface area contributed by atoms with Crippen LogP contribution >= 0.6 is 35.0 Å². The van der Waals surface area contributed by atoms with Crippen LogP contribution in [0.1, 0.15) is 10.5 Å². The summed E-state index contributed by atoms with van der Waals surface area (Å²) in [5, 5.41) is 5.58. The van der Waals surface area contributed by atoms with Gasteiger partial charge >= 0.3 is 0 Å². The molecule has 1 aliphatic rings. The third-order valence-corrected chi connectivity index (χ3v) is 5.41. The number of nitrogens with zero attached hydrogens (tertiary/aromatic N) is 4. The average molecular weight is 393 g/mol. The van der Waals surface area contributed by atoms with Crippen LogP contribution in [0.5, 0.6) is 0 Å².